The van der Waals surface area contributed by atoms with Gasteiger partial charge in [0.1, 0.15) is 0 Å². The largest absolute Gasteiger partial charge is 0.326 e. The van der Waals surface area contributed by atoms with E-state index in [9.17, 15) is 9.59 Å². The van der Waals surface area contributed by atoms with E-state index in [1.54, 1.807) is 0 Å². The highest BCUT2D eigenvalue weighted by atomic mass is 32.1. The zero-order chi connectivity index (χ0) is 20.1. The number of nitrogens with zero attached hydrogens (tertiary/aromatic N) is 1. The van der Waals surface area contributed by atoms with E-state index >= 15 is 0 Å². The van der Waals surface area contributed by atoms with Crippen LogP contribution in [0.1, 0.15) is 50.7 Å². The average Bonchev–Trinajstić information content (AvgIpc) is 3.08. The number of amides is 2. The van der Waals surface area contributed by atoms with Crippen LogP contribution in [0.2, 0.25) is 0 Å². The molecule has 146 valence electrons. The molecule has 0 aliphatic rings. The van der Waals surface area contributed by atoms with Gasteiger partial charge in [-0.1, -0.05) is 50.3 Å². The van der Waals surface area contributed by atoms with E-state index in [1.165, 1.54) is 16.9 Å². The Morgan fingerprint density at radius 1 is 1.04 bits per heavy atom. The number of aryl methyl sites for hydroxylation is 1. The minimum atomic E-state index is -0.0441. The highest BCUT2D eigenvalue weighted by Crippen LogP contribution is 2.27. The van der Waals surface area contributed by atoms with Crippen molar-refractivity contribution in [3.05, 3.63) is 53.6 Å². The molecule has 6 heteroatoms. The molecule has 2 N–H and O–H groups in total. The fraction of sp³-hybridized carbons (Fsp3) is 0.318. The molecule has 5 nitrogen and oxygen atoms in total. The lowest BCUT2D eigenvalue weighted by molar-refractivity contribution is -0.116. The second-order valence-corrected chi connectivity index (χ2v) is 8.08. The minimum Gasteiger partial charge on any atom is -0.326 e. The molecule has 0 fully saturated rings. The Balaban J connectivity index is 1.58. The Morgan fingerprint density at radius 3 is 2.46 bits per heavy atom. The van der Waals surface area contributed by atoms with E-state index in [0.717, 1.165) is 21.5 Å². The predicted octanol–water partition coefficient (Wildman–Crippen LogP) is 5.34. The highest BCUT2D eigenvalue weighted by Gasteiger charge is 2.09. The Bertz CT molecular complexity index is 977. The van der Waals surface area contributed by atoms with Crippen LogP contribution in [0.4, 0.5) is 10.8 Å². The summed E-state index contributed by atoms with van der Waals surface area (Å²) in [5, 5.41) is 6.36. The van der Waals surface area contributed by atoms with Gasteiger partial charge in [-0.3, -0.25) is 9.59 Å². The van der Waals surface area contributed by atoms with Crippen LogP contribution in [-0.2, 0) is 16.0 Å². The number of hydrogen-bond donors (Lipinski definition) is 2. The first-order valence-electron chi connectivity index (χ1n) is 9.53. The number of anilines is 2. The number of rotatable bonds is 7. The Hall–Kier alpha value is -2.73. The maximum atomic E-state index is 12.3. The molecule has 0 spiro atoms. The molecule has 28 heavy (non-hydrogen) atoms. The van der Waals surface area contributed by atoms with Crippen LogP contribution in [0, 0.1) is 0 Å². The smallest absolute Gasteiger partial charge is 0.225 e. The van der Waals surface area contributed by atoms with Crippen LogP contribution in [-0.4, -0.2) is 16.8 Å². The van der Waals surface area contributed by atoms with Gasteiger partial charge in [-0.05, 0) is 47.7 Å². The van der Waals surface area contributed by atoms with E-state index in [1.807, 2.05) is 49.4 Å². The fourth-order valence-electron chi connectivity index (χ4n) is 2.82. The van der Waals surface area contributed by atoms with Crippen molar-refractivity contribution in [2.75, 3.05) is 10.6 Å². The highest BCUT2D eigenvalue weighted by molar-refractivity contribution is 7.22. The topological polar surface area (TPSA) is 71.1 Å². The summed E-state index contributed by atoms with van der Waals surface area (Å²) in [7, 11) is 0. The van der Waals surface area contributed by atoms with Gasteiger partial charge in [0.05, 0.1) is 10.2 Å². The van der Waals surface area contributed by atoms with Gasteiger partial charge in [-0.2, -0.15) is 0 Å². The molecular weight excluding hydrogens is 370 g/mol. The van der Waals surface area contributed by atoms with Crippen molar-refractivity contribution in [1.29, 1.82) is 0 Å². The standard InChI is InChI=1S/C22H25N3O2S/c1-4-20(26)25-22-24-18-11-5-15(13-19(18)28-22)6-12-21(27)23-17-9-7-16(8-10-17)14(2)3/h5,7-11,13-14H,4,6,12H2,1-3H3,(H,23,27)(H,24,25,26). The molecule has 2 aromatic carbocycles. The van der Waals surface area contributed by atoms with Crippen molar-refractivity contribution in [2.45, 2.75) is 46.0 Å². The molecule has 0 saturated heterocycles. The SMILES string of the molecule is CCC(=O)Nc1nc2ccc(CCC(=O)Nc3ccc(C(C)C)cc3)cc2s1. The van der Waals surface area contributed by atoms with E-state index in [2.05, 4.69) is 29.5 Å². The molecule has 2 amide bonds. The molecule has 1 aromatic heterocycles. The summed E-state index contributed by atoms with van der Waals surface area (Å²) in [4.78, 5) is 28.2. The summed E-state index contributed by atoms with van der Waals surface area (Å²) in [5.41, 5.74) is 4.01. The average molecular weight is 396 g/mol. The summed E-state index contributed by atoms with van der Waals surface area (Å²) in [6.07, 6.45) is 1.49. The van der Waals surface area contributed by atoms with Crippen molar-refractivity contribution >= 4 is 44.2 Å². The number of carbonyl (C=O) groups excluding carboxylic acids is 2. The third-order valence-corrected chi connectivity index (χ3v) is 5.46. The molecule has 0 unspecified atom stereocenters. The molecule has 0 atom stereocenters. The summed E-state index contributed by atoms with van der Waals surface area (Å²) in [6.45, 7) is 6.10. The molecule has 0 aliphatic carbocycles. The van der Waals surface area contributed by atoms with E-state index in [0.29, 0.717) is 30.3 Å². The molecular formula is C22H25N3O2S. The van der Waals surface area contributed by atoms with E-state index in [4.69, 9.17) is 0 Å². The Labute approximate surface area is 169 Å². The Morgan fingerprint density at radius 2 is 1.79 bits per heavy atom. The zero-order valence-corrected chi connectivity index (χ0v) is 17.2. The number of nitrogens with one attached hydrogen (secondary N) is 2. The maximum Gasteiger partial charge on any atom is 0.225 e. The number of hydrogen-bond acceptors (Lipinski definition) is 4. The van der Waals surface area contributed by atoms with Gasteiger partial charge in [0, 0.05) is 18.5 Å². The van der Waals surface area contributed by atoms with Gasteiger partial charge in [0.15, 0.2) is 5.13 Å². The molecule has 3 aromatic rings. The van der Waals surface area contributed by atoms with Gasteiger partial charge >= 0.3 is 0 Å². The number of carbonyl (C=O) groups is 2. The van der Waals surface area contributed by atoms with Crippen molar-refractivity contribution in [3.8, 4) is 0 Å². The predicted molar refractivity (Wildman–Crippen MR) is 116 cm³/mol. The summed E-state index contributed by atoms with van der Waals surface area (Å²) in [5.74, 6) is 0.428. The number of thiazole rings is 1. The van der Waals surface area contributed by atoms with Crippen LogP contribution < -0.4 is 10.6 Å². The lowest BCUT2D eigenvalue weighted by Gasteiger charge is -2.08. The van der Waals surface area contributed by atoms with E-state index in [-0.39, 0.29) is 11.8 Å². The van der Waals surface area contributed by atoms with Crippen molar-refractivity contribution in [3.63, 3.8) is 0 Å². The first-order valence-corrected chi connectivity index (χ1v) is 10.4. The Kier molecular flexibility index (Phi) is 6.41. The number of aromatic nitrogens is 1. The first-order chi connectivity index (χ1) is 13.4. The van der Waals surface area contributed by atoms with Gasteiger partial charge in [-0.15, -0.1) is 0 Å². The van der Waals surface area contributed by atoms with Gasteiger partial charge in [0.2, 0.25) is 11.8 Å². The third kappa shape index (κ3) is 5.16. The normalized spacial score (nSPS) is 11.0. The molecule has 1 heterocycles. The lowest BCUT2D eigenvalue weighted by atomic mass is 10.0. The molecule has 0 bridgehead atoms. The number of benzene rings is 2. The van der Waals surface area contributed by atoms with Gasteiger partial charge < -0.3 is 10.6 Å². The van der Waals surface area contributed by atoms with Crippen LogP contribution in [0.5, 0.6) is 0 Å². The quantitative estimate of drug-likeness (QED) is 0.567. The van der Waals surface area contributed by atoms with Gasteiger partial charge in [-0.25, -0.2) is 4.98 Å². The third-order valence-electron chi connectivity index (χ3n) is 4.52. The maximum absolute atomic E-state index is 12.3. The van der Waals surface area contributed by atoms with Gasteiger partial charge in [0.25, 0.3) is 0 Å². The minimum absolute atomic E-state index is 0.00223. The second kappa shape index (κ2) is 8.97. The summed E-state index contributed by atoms with van der Waals surface area (Å²) < 4.78 is 1.01. The monoisotopic (exact) mass is 395 g/mol. The fourth-order valence-corrected chi connectivity index (χ4v) is 3.76. The van der Waals surface area contributed by atoms with Crippen LogP contribution in [0.3, 0.4) is 0 Å². The zero-order valence-electron chi connectivity index (χ0n) is 16.4. The molecule has 0 aliphatic heterocycles. The van der Waals surface area contributed by atoms with Crippen LogP contribution >= 0.6 is 11.3 Å². The van der Waals surface area contributed by atoms with Crippen molar-refractivity contribution < 1.29 is 9.59 Å². The van der Waals surface area contributed by atoms with Crippen molar-refractivity contribution in [1.82, 2.24) is 4.98 Å². The van der Waals surface area contributed by atoms with E-state index < -0.39 is 0 Å². The first kappa shape index (κ1) is 20.0. The number of fused-ring (bicyclic) bond motifs is 1. The lowest BCUT2D eigenvalue weighted by Crippen LogP contribution is -2.12. The molecule has 3 rings (SSSR count). The molecule has 0 radical (unpaired) electrons. The summed E-state index contributed by atoms with van der Waals surface area (Å²) in [6, 6.07) is 14.0. The summed E-state index contributed by atoms with van der Waals surface area (Å²) >= 11 is 1.45. The van der Waals surface area contributed by atoms with Crippen LogP contribution in [0.15, 0.2) is 42.5 Å². The molecule has 0 saturated carbocycles. The second-order valence-electron chi connectivity index (χ2n) is 7.05. The van der Waals surface area contributed by atoms with Crippen LogP contribution in [0.25, 0.3) is 10.2 Å². The van der Waals surface area contributed by atoms with Crippen molar-refractivity contribution in [2.24, 2.45) is 0 Å².